The molecule has 0 unspecified atom stereocenters. The van der Waals surface area contributed by atoms with Crippen LogP contribution in [-0.4, -0.2) is 25.5 Å². The van der Waals surface area contributed by atoms with Gasteiger partial charge < -0.3 is 9.80 Å². The van der Waals surface area contributed by atoms with Gasteiger partial charge in [-0.15, -0.1) is 0 Å². The van der Waals surface area contributed by atoms with Crippen molar-refractivity contribution in [1.29, 1.82) is 0 Å². The molecule has 2 heterocycles. The molecule has 2 saturated heterocycles. The van der Waals surface area contributed by atoms with E-state index in [0.29, 0.717) is 5.02 Å². The highest BCUT2D eigenvalue weighted by molar-refractivity contribution is 6.31. The Labute approximate surface area is 170 Å². The van der Waals surface area contributed by atoms with E-state index in [0.717, 1.165) is 44.6 Å². The molecule has 0 atom stereocenters. The zero-order chi connectivity index (χ0) is 19.1. The largest absolute Gasteiger partial charge is 0.371 e. The zero-order valence-electron chi connectivity index (χ0n) is 15.8. The van der Waals surface area contributed by atoms with E-state index in [4.69, 9.17) is 11.6 Å². The monoisotopic (exact) mass is 390 g/mol. The van der Waals surface area contributed by atoms with Crippen molar-refractivity contribution >= 4 is 39.7 Å². The van der Waals surface area contributed by atoms with Crippen molar-refractivity contribution in [3.63, 3.8) is 0 Å². The van der Waals surface area contributed by atoms with Gasteiger partial charge in [0.15, 0.2) is 0 Å². The lowest BCUT2D eigenvalue weighted by Crippen LogP contribution is -2.44. The van der Waals surface area contributed by atoms with E-state index in [-0.39, 0.29) is 11.3 Å². The van der Waals surface area contributed by atoms with Crippen LogP contribution >= 0.6 is 11.6 Å². The van der Waals surface area contributed by atoms with Crippen molar-refractivity contribution in [1.82, 2.24) is 0 Å². The Balaban J connectivity index is 1.33. The van der Waals surface area contributed by atoms with E-state index >= 15 is 0 Å². The van der Waals surface area contributed by atoms with Crippen LogP contribution in [0.1, 0.15) is 19.3 Å². The molecular weight excluding hydrogens is 368 g/mol. The van der Waals surface area contributed by atoms with E-state index in [9.17, 15) is 4.79 Å². The minimum Gasteiger partial charge on any atom is -0.371 e. The van der Waals surface area contributed by atoms with E-state index < -0.39 is 0 Å². The second-order valence-corrected chi connectivity index (χ2v) is 8.42. The van der Waals surface area contributed by atoms with Crippen molar-refractivity contribution in [2.45, 2.75) is 19.3 Å². The normalized spacial score (nSPS) is 19.0. The SMILES string of the molecule is O=C1N(c2cccc(Cl)c2)CCC12CCN(c1ccc3ccccc3c1)CC2. The smallest absolute Gasteiger partial charge is 0.233 e. The number of nitrogens with zero attached hydrogens (tertiary/aromatic N) is 2. The fraction of sp³-hybridized carbons (Fsp3) is 0.292. The number of piperidine rings is 1. The van der Waals surface area contributed by atoms with Crippen LogP contribution in [0.25, 0.3) is 10.8 Å². The molecule has 3 nitrogen and oxygen atoms in total. The Morgan fingerprint density at radius 3 is 2.29 bits per heavy atom. The van der Waals surface area contributed by atoms with Crippen molar-refractivity contribution in [2.75, 3.05) is 29.4 Å². The number of halogens is 1. The maximum atomic E-state index is 13.3. The molecule has 2 fully saturated rings. The predicted octanol–water partition coefficient (Wildman–Crippen LogP) is 5.52. The third-order valence-electron chi connectivity index (χ3n) is 6.45. The van der Waals surface area contributed by atoms with Gasteiger partial charge >= 0.3 is 0 Å². The molecule has 3 aromatic carbocycles. The van der Waals surface area contributed by atoms with Crippen LogP contribution in [0.5, 0.6) is 0 Å². The summed E-state index contributed by atoms with van der Waals surface area (Å²) in [5.74, 6) is 0.271. The van der Waals surface area contributed by atoms with Crippen LogP contribution in [-0.2, 0) is 4.79 Å². The van der Waals surface area contributed by atoms with Gasteiger partial charge in [0, 0.05) is 36.0 Å². The summed E-state index contributed by atoms with van der Waals surface area (Å²) in [6.45, 7) is 2.64. The lowest BCUT2D eigenvalue weighted by molar-refractivity contribution is -0.126. The van der Waals surface area contributed by atoms with E-state index in [2.05, 4.69) is 47.4 Å². The highest BCUT2D eigenvalue weighted by atomic mass is 35.5. The number of rotatable bonds is 2. The summed E-state index contributed by atoms with van der Waals surface area (Å²) in [5, 5.41) is 3.21. The van der Waals surface area contributed by atoms with E-state index in [1.165, 1.54) is 16.5 Å². The maximum Gasteiger partial charge on any atom is 0.233 e. The van der Waals surface area contributed by atoms with Gasteiger partial charge in [0.1, 0.15) is 0 Å². The molecule has 28 heavy (non-hydrogen) atoms. The third-order valence-corrected chi connectivity index (χ3v) is 6.69. The molecule has 2 aliphatic rings. The number of carbonyl (C=O) groups is 1. The van der Waals surface area contributed by atoms with Crippen molar-refractivity contribution < 1.29 is 4.79 Å². The number of anilines is 2. The standard InChI is InChI=1S/C24H23ClN2O/c25-20-6-3-7-22(17-20)27-15-12-24(23(27)28)10-13-26(14-11-24)21-9-8-18-4-1-2-5-19(18)16-21/h1-9,16-17H,10-15H2. The Bertz CT molecular complexity index is 1040. The average molecular weight is 391 g/mol. The molecule has 5 rings (SSSR count). The number of amides is 1. The molecule has 0 bridgehead atoms. The number of hydrogen-bond donors (Lipinski definition) is 0. The Morgan fingerprint density at radius 2 is 1.50 bits per heavy atom. The van der Waals surface area contributed by atoms with Crippen molar-refractivity contribution in [2.24, 2.45) is 5.41 Å². The number of hydrogen-bond acceptors (Lipinski definition) is 2. The van der Waals surface area contributed by atoms with Gasteiger partial charge in [0.05, 0.1) is 5.41 Å². The summed E-state index contributed by atoms with van der Waals surface area (Å²) in [6, 6.07) is 22.8. The molecule has 3 aromatic rings. The number of benzene rings is 3. The van der Waals surface area contributed by atoms with Crippen LogP contribution in [0.4, 0.5) is 11.4 Å². The van der Waals surface area contributed by atoms with Crippen LogP contribution in [0, 0.1) is 5.41 Å². The van der Waals surface area contributed by atoms with Crippen LogP contribution < -0.4 is 9.80 Å². The van der Waals surface area contributed by atoms with Gasteiger partial charge in [0.25, 0.3) is 0 Å². The Morgan fingerprint density at radius 1 is 0.750 bits per heavy atom. The molecule has 2 aliphatic heterocycles. The van der Waals surface area contributed by atoms with Gasteiger partial charge in [-0.25, -0.2) is 0 Å². The van der Waals surface area contributed by atoms with Gasteiger partial charge in [0.2, 0.25) is 5.91 Å². The van der Waals surface area contributed by atoms with Crippen LogP contribution in [0.15, 0.2) is 66.7 Å². The summed E-state index contributed by atoms with van der Waals surface area (Å²) < 4.78 is 0. The number of fused-ring (bicyclic) bond motifs is 1. The van der Waals surface area contributed by atoms with Crippen LogP contribution in [0.2, 0.25) is 5.02 Å². The zero-order valence-corrected chi connectivity index (χ0v) is 16.5. The van der Waals surface area contributed by atoms with Gasteiger partial charge in [-0.2, -0.15) is 0 Å². The minimum absolute atomic E-state index is 0.213. The molecule has 0 aliphatic carbocycles. The minimum atomic E-state index is -0.213. The summed E-state index contributed by atoms with van der Waals surface area (Å²) >= 11 is 6.13. The first-order valence-electron chi connectivity index (χ1n) is 9.96. The average Bonchev–Trinajstić information content (AvgIpc) is 3.04. The number of carbonyl (C=O) groups excluding carboxylic acids is 1. The Hall–Kier alpha value is -2.52. The Kier molecular flexibility index (Phi) is 4.28. The molecule has 142 valence electrons. The first kappa shape index (κ1) is 17.6. The van der Waals surface area contributed by atoms with E-state index in [1.54, 1.807) is 0 Å². The highest BCUT2D eigenvalue weighted by Crippen LogP contribution is 2.44. The second-order valence-electron chi connectivity index (χ2n) is 7.99. The van der Waals surface area contributed by atoms with Gasteiger partial charge in [-0.3, -0.25) is 4.79 Å². The predicted molar refractivity (Wildman–Crippen MR) is 116 cm³/mol. The summed E-state index contributed by atoms with van der Waals surface area (Å²) in [6.07, 6.45) is 2.76. The molecule has 0 radical (unpaired) electrons. The fourth-order valence-electron chi connectivity index (χ4n) is 4.74. The maximum absolute atomic E-state index is 13.3. The first-order valence-corrected chi connectivity index (χ1v) is 10.3. The molecule has 1 spiro atoms. The molecule has 4 heteroatoms. The summed E-state index contributed by atoms with van der Waals surface area (Å²) in [4.78, 5) is 17.6. The van der Waals surface area contributed by atoms with Crippen molar-refractivity contribution in [3.05, 3.63) is 71.8 Å². The molecular formula is C24H23ClN2O. The molecule has 0 aromatic heterocycles. The topological polar surface area (TPSA) is 23.6 Å². The first-order chi connectivity index (χ1) is 13.6. The molecule has 1 amide bonds. The van der Waals surface area contributed by atoms with E-state index in [1.807, 2.05) is 29.2 Å². The molecule has 0 saturated carbocycles. The van der Waals surface area contributed by atoms with Crippen LogP contribution in [0.3, 0.4) is 0 Å². The van der Waals surface area contributed by atoms with Crippen molar-refractivity contribution in [3.8, 4) is 0 Å². The quantitative estimate of drug-likeness (QED) is 0.575. The summed E-state index contributed by atoms with van der Waals surface area (Å²) in [7, 11) is 0. The summed E-state index contributed by atoms with van der Waals surface area (Å²) in [5.41, 5.74) is 1.97. The van der Waals surface area contributed by atoms with Gasteiger partial charge in [-0.1, -0.05) is 48.0 Å². The molecule has 0 N–H and O–H groups in total. The third kappa shape index (κ3) is 2.94. The lowest BCUT2D eigenvalue weighted by atomic mass is 9.77. The fourth-order valence-corrected chi connectivity index (χ4v) is 4.93. The lowest BCUT2D eigenvalue weighted by Gasteiger charge is -2.39. The second kappa shape index (κ2) is 6.82. The highest BCUT2D eigenvalue weighted by Gasteiger charge is 2.48. The van der Waals surface area contributed by atoms with Gasteiger partial charge in [-0.05, 0) is 60.4 Å².